The molecule has 5 heteroatoms. The van der Waals surface area contributed by atoms with E-state index in [4.69, 9.17) is 4.84 Å². The number of benzene rings is 1. The van der Waals surface area contributed by atoms with E-state index in [-0.39, 0.29) is 11.9 Å². The SMILES string of the molecule is O=C1CCCON1C(/C=C/c1ccccc1)CN1CCNCC1. The highest BCUT2D eigenvalue weighted by molar-refractivity contribution is 5.76. The zero-order chi connectivity index (χ0) is 15.9. The molecule has 0 bridgehead atoms. The minimum Gasteiger partial charge on any atom is -0.314 e. The Labute approximate surface area is 137 Å². The fourth-order valence-electron chi connectivity index (χ4n) is 3.01. The molecule has 2 saturated heterocycles. The number of rotatable bonds is 5. The molecule has 0 radical (unpaired) electrons. The van der Waals surface area contributed by atoms with Crippen LogP contribution in [0.15, 0.2) is 36.4 Å². The molecule has 0 aliphatic carbocycles. The summed E-state index contributed by atoms with van der Waals surface area (Å²) >= 11 is 0. The monoisotopic (exact) mass is 315 g/mol. The Bertz CT molecular complexity index is 526. The molecule has 2 aliphatic rings. The van der Waals surface area contributed by atoms with Crippen molar-refractivity contribution in [1.82, 2.24) is 15.3 Å². The largest absolute Gasteiger partial charge is 0.314 e. The quantitative estimate of drug-likeness (QED) is 0.895. The molecule has 0 saturated carbocycles. The fraction of sp³-hybridized carbons (Fsp3) is 0.500. The van der Waals surface area contributed by atoms with Gasteiger partial charge in [0.1, 0.15) is 0 Å². The van der Waals surface area contributed by atoms with Crippen LogP contribution in [-0.4, -0.2) is 61.2 Å². The molecule has 3 rings (SSSR count). The van der Waals surface area contributed by atoms with E-state index in [0.29, 0.717) is 13.0 Å². The minimum atomic E-state index is -0.0406. The van der Waals surface area contributed by atoms with Crippen molar-refractivity contribution < 1.29 is 9.63 Å². The molecule has 124 valence electrons. The lowest BCUT2D eigenvalue weighted by atomic mass is 10.1. The summed E-state index contributed by atoms with van der Waals surface area (Å²) in [5.74, 6) is 0.0918. The second kappa shape index (κ2) is 8.24. The Morgan fingerprint density at radius 3 is 2.74 bits per heavy atom. The van der Waals surface area contributed by atoms with E-state index >= 15 is 0 Å². The molecular weight excluding hydrogens is 290 g/mol. The summed E-state index contributed by atoms with van der Waals surface area (Å²) in [5.41, 5.74) is 1.14. The van der Waals surface area contributed by atoms with Gasteiger partial charge in [0.2, 0.25) is 5.91 Å². The third kappa shape index (κ3) is 4.64. The molecule has 1 unspecified atom stereocenters. The van der Waals surface area contributed by atoms with Gasteiger partial charge < -0.3 is 5.32 Å². The molecule has 23 heavy (non-hydrogen) atoms. The van der Waals surface area contributed by atoms with Crippen molar-refractivity contribution in [2.75, 3.05) is 39.3 Å². The topological polar surface area (TPSA) is 44.8 Å². The Kier molecular flexibility index (Phi) is 5.80. The molecule has 0 aromatic heterocycles. The molecular formula is C18H25N3O2. The van der Waals surface area contributed by atoms with E-state index in [9.17, 15) is 4.79 Å². The van der Waals surface area contributed by atoms with Gasteiger partial charge >= 0.3 is 0 Å². The van der Waals surface area contributed by atoms with Gasteiger partial charge in [0.25, 0.3) is 0 Å². The zero-order valence-corrected chi connectivity index (χ0v) is 13.5. The second-order valence-electron chi connectivity index (χ2n) is 6.04. The zero-order valence-electron chi connectivity index (χ0n) is 13.5. The molecule has 1 aromatic rings. The number of piperazine rings is 1. The summed E-state index contributed by atoms with van der Waals surface area (Å²) in [6, 6.07) is 10.1. The number of hydroxylamine groups is 2. The standard InChI is InChI=1S/C18H25N3O2/c22-18-7-4-14-23-21(18)17(15-20-12-10-19-11-13-20)9-8-16-5-2-1-3-6-16/h1-3,5-6,8-9,17,19H,4,7,10-15H2/b9-8+. The van der Waals surface area contributed by atoms with Crippen LogP contribution < -0.4 is 5.32 Å². The lowest BCUT2D eigenvalue weighted by molar-refractivity contribution is -0.208. The van der Waals surface area contributed by atoms with E-state index in [1.807, 2.05) is 18.2 Å². The fourth-order valence-corrected chi connectivity index (χ4v) is 3.01. The Morgan fingerprint density at radius 1 is 1.22 bits per heavy atom. The summed E-state index contributed by atoms with van der Waals surface area (Å²) in [7, 11) is 0. The third-order valence-electron chi connectivity index (χ3n) is 4.28. The van der Waals surface area contributed by atoms with Crippen molar-refractivity contribution in [3.63, 3.8) is 0 Å². The predicted octanol–water partition coefficient (Wildman–Crippen LogP) is 1.53. The number of amides is 1. The maximum absolute atomic E-state index is 12.2. The minimum absolute atomic E-state index is 0.0406. The van der Waals surface area contributed by atoms with E-state index in [1.165, 1.54) is 0 Å². The number of hydrogen-bond donors (Lipinski definition) is 1. The van der Waals surface area contributed by atoms with Crippen LogP contribution in [-0.2, 0) is 9.63 Å². The molecule has 2 heterocycles. The average molecular weight is 315 g/mol. The molecule has 2 fully saturated rings. The second-order valence-corrected chi connectivity index (χ2v) is 6.04. The van der Waals surface area contributed by atoms with E-state index in [1.54, 1.807) is 5.06 Å². The maximum atomic E-state index is 12.2. The summed E-state index contributed by atoms with van der Waals surface area (Å²) in [6.07, 6.45) is 5.58. The summed E-state index contributed by atoms with van der Waals surface area (Å²) in [6.45, 7) is 5.48. The highest BCUT2D eigenvalue weighted by Crippen LogP contribution is 2.16. The summed E-state index contributed by atoms with van der Waals surface area (Å²) in [4.78, 5) is 20.3. The van der Waals surface area contributed by atoms with Gasteiger partial charge in [-0.05, 0) is 12.0 Å². The molecule has 1 aromatic carbocycles. The molecule has 1 N–H and O–H groups in total. The van der Waals surface area contributed by atoms with Crippen LogP contribution in [0.4, 0.5) is 0 Å². The van der Waals surface area contributed by atoms with Gasteiger partial charge in [-0.15, -0.1) is 0 Å². The smallest absolute Gasteiger partial charge is 0.246 e. The van der Waals surface area contributed by atoms with Crippen molar-refractivity contribution >= 4 is 12.0 Å². The summed E-state index contributed by atoms with van der Waals surface area (Å²) < 4.78 is 0. The van der Waals surface area contributed by atoms with E-state index in [0.717, 1.165) is 44.7 Å². The predicted molar refractivity (Wildman–Crippen MR) is 90.6 cm³/mol. The normalized spacial score (nSPS) is 21.7. The first-order valence-electron chi connectivity index (χ1n) is 8.44. The molecule has 2 aliphatic heterocycles. The third-order valence-corrected chi connectivity index (χ3v) is 4.28. The van der Waals surface area contributed by atoms with Crippen molar-refractivity contribution in [3.05, 3.63) is 42.0 Å². The van der Waals surface area contributed by atoms with Crippen LogP contribution in [0.2, 0.25) is 0 Å². The van der Waals surface area contributed by atoms with Gasteiger partial charge in [0.05, 0.1) is 12.6 Å². The maximum Gasteiger partial charge on any atom is 0.246 e. The van der Waals surface area contributed by atoms with Gasteiger partial charge in [0.15, 0.2) is 0 Å². The van der Waals surface area contributed by atoms with Crippen LogP contribution in [0.1, 0.15) is 18.4 Å². The first kappa shape index (κ1) is 16.2. The van der Waals surface area contributed by atoms with Crippen molar-refractivity contribution in [1.29, 1.82) is 0 Å². The molecule has 1 amide bonds. The Morgan fingerprint density at radius 2 is 2.00 bits per heavy atom. The van der Waals surface area contributed by atoms with Crippen LogP contribution in [0.25, 0.3) is 6.08 Å². The van der Waals surface area contributed by atoms with Crippen LogP contribution in [0.3, 0.4) is 0 Å². The van der Waals surface area contributed by atoms with Gasteiger partial charge in [-0.2, -0.15) is 0 Å². The van der Waals surface area contributed by atoms with E-state index in [2.05, 4.69) is 34.5 Å². The van der Waals surface area contributed by atoms with Crippen molar-refractivity contribution in [2.45, 2.75) is 18.9 Å². The number of carbonyl (C=O) groups is 1. The lowest BCUT2D eigenvalue weighted by Gasteiger charge is -2.36. The van der Waals surface area contributed by atoms with Crippen LogP contribution in [0.5, 0.6) is 0 Å². The van der Waals surface area contributed by atoms with E-state index < -0.39 is 0 Å². The van der Waals surface area contributed by atoms with Gasteiger partial charge in [-0.3, -0.25) is 14.5 Å². The molecule has 5 nitrogen and oxygen atoms in total. The van der Waals surface area contributed by atoms with Crippen LogP contribution in [0, 0.1) is 0 Å². The van der Waals surface area contributed by atoms with Gasteiger partial charge in [-0.25, -0.2) is 5.06 Å². The van der Waals surface area contributed by atoms with Crippen LogP contribution >= 0.6 is 0 Å². The van der Waals surface area contributed by atoms with Gasteiger partial charge in [0, 0.05) is 39.1 Å². The van der Waals surface area contributed by atoms with Gasteiger partial charge in [-0.1, -0.05) is 42.5 Å². The number of hydrogen-bond acceptors (Lipinski definition) is 4. The molecule has 1 atom stereocenters. The Hall–Kier alpha value is -1.69. The van der Waals surface area contributed by atoms with Crippen molar-refractivity contribution in [3.8, 4) is 0 Å². The lowest BCUT2D eigenvalue weighted by Crippen LogP contribution is -2.51. The Balaban J connectivity index is 1.71. The number of carbonyl (C=O) groups excluding carboxylic acids is 1. The first-order valence-corrected chi connectivity index (χ1v) is 8.44. The van der Waals surface area contributed by atoms with Crippen molar-refractivity contribution in [2.24, 2.45) is 0 Å². The number of nitrogens with one attached hydrogen (secondary N) is 1. The highest BCUT2D eigenvalue weighted by Gasteiger charge is 2.27. The first-order chi connectivity index (χ1) is 11.3. The molecule has 0 spiro atoms. The highest BCUT2D eigenvalue weighted by atomic mass is 16.7. The average Bonchev–Trinajstić information content (AvgIpc) is 2.61. The number of nitrogens with zero attached hydrogens (tertiary/aromatic N) is 2. The summed E-state index contributed by atoms with van der Waals surface area (Å²) in [5, 5.41) is 4.95.